The predicted molar refractivity (Wildman–Crippen MR) is 56.9 cm³/mol. The second kappa shape index (κ2) is 4.75. The summed E-state index contributed by atoms with van der Waals surface area (Å²) in [5.74, 6) is 0.108. The van der Waals surface area contributed by atoms with Crippen molar-refractivity contribution in [3.05, 3.63) is 0 Å². The fourth-order valence-corrected chi connectivity index (χ4v) is 1.77. The van der Waals surface area contributed by atoms with Crippen LogP contribution in [0.4, 0.5) is 0 Å². The van der Waals surface area contributed by atoms with E-state index in [1.807, 2.05) is 11.8 Å². The van der Waals surface area contributed by atoms with Crippen molar-refractivity contribution in [1.29, 1.82) is 0 Å². The number of hydrogen-bond acceptors (Lipinski definition) is 3. The zero-order valence-corrected chi connectivity index (χ0v) is 9.36. The molecule has 82 valence electrons. The molecule has 0 aliphatic carbocycles. The van der Waals surface area contributed by atoms with Crippen LogP contribution in [-0.4, -0.2) is 55.0 Å². The van der Waals surface area contributed by atoms with Gasteiger partial charge in [0.1, 0.15) is 0 Å². The molecule has 0 aromatic heterocycles. The van der Waals surface area contributed by atoms with Crippen molar-refractivity contribution in [2.24, 2.45) is 5.73 Å². The average molecular weight is 199 g/mol. The second-order valence-corrected chi connectivity index (χ2v) is 4.21. The molecular formula is C10H21N3O. The summed E-state index contributed by atoms with van der Waals surface area (Å²) in [5.41, 5.74) is 5.71. The predicted octanol–water partition coefficient (Wildman–Crippen LogP) is -0.114. The second-order valence-electron chi connectivity index (χ2n) is 4.21. The van der Waals surface area contributed by atoms with Gasteiger partial charge in [0.25, 0.3) is 0 Å². The van der Waals surface area contributed by atoms with Crippen molar-refractivity contribution in [3.63, 3.8) is 0 Å². The van der Waals surface area contributed by atoms with Crippen LogP contribution < -0.4 is 5.73 Å². The molecule has 0 spiro atoms. The fraction of sp³-hybridized carbons (Fsp3) is 0.900. The molecule has 0 saturated carbocycles. The van der Waals surface area contributed by atoms with Crippen LogP contribution in [0.1, 0.15) is 19.8 Å². The van der Waals surface area contributed by atoms with Crippen molar-refractivity contribution < 1.29 is 4.79 Å². The summed E-state index contributed by atoms with van der Waals surface area (Å²) in [4.78, 5) is 15.8. The third-order valence-electron chi connectivity index (χ3n) is 2.96. The normalized spacial score (nSPS) is 24.4. The van der Waals surface area contributed by atoms with Gasteiger partial charge in [0.2, 0.25) is 5.91 Å². The minimum Gasteiger partial charge on any atom is -0.340 e. The minimum atomic E-state index is -0.309. The van der Waals surface area contributed by atoms with Gasteiger partial charge in [0.05, 0.1) is 6.04 Å². The van der Waals surface area contributed by atoms with E-state index in [1.54, 1.807) is 0 Å². The van der Waals surface area contributed by atoms with Crippen LogP contribution in [0, 0.1) is 0 Å². The van der Waals surface area contributed by atoms with Gasteiger partial charge in [0, 0.05) is 19.1 Å². The Hall–Kier alpha value is -0.610. The molecule has 1 amide bonds. The van der Waals surface area contributed by atoms with E-state index in [4.69, 9.17) is 5.73 Å². The number of carbonyl (C=O) groups excluding carboxylic acids is 1. The van der Waals surface area contributed by atoms with E-state index in [9.17, 15) is 4.79 Å². The van der Waals surface area contributed by atoms with Crippen molar-refractivity contribution in [2.45, 2.75) is 31.8 Å². The number of nitrogens with zero attached hydrogens (tertiary/aromatic N) is 2. The molecule has 2 unspecified atom stereocenters. The molecule has 1 fully saturated rings. The number of carbonyl (C=O) groups is 1. The quantitative estimate of drug-likeness (QED) is 0.690. The zero-order valence-electron chi connectivity index (χ0n) is 9.36. The first-order valence-corrected chi connectivity index (χ1v) is 5.27. The number of amides is 1. The summed E-state index contributed by atoms with van der Waals surface area (Å²) in [6.07, 6.45) is 1.79. The Morgan fingerprint density at radius 1 is 1.64 bits per heavy atom. The van der Waals surface area contributed by atoms with E-state index in [1.165, 1.54) is 0 Å². The maximum Gasteiger partial charge on any atom is 0.239 e. The lowest BCUT2D eigenvalue weighted by molar-refractivity contribution is -0.131. The van der Waals surface area contributed by atoms with Gasteiger partial charge in [-0.25, -0.2) is 0 Å². The molecule has 4 nitrogen and oxygen atoms in total. The van der Waals surface area contributed by atoms with Crippen molar-refractivity contribution in [1.82, 2.24) is 9.80 Å². The topological polar surface area (TPSA) is 49.6 Å². The third kappa shape index (κ3) is 2.45. The van der Waals surface area contributed by atoms with Gasteiger partial charge >= 0.3 is 0 Å². The maximum absolute atomic E-state index is 11.7. The fourth-order valence-electron chi connectivity index (χ4n) is 1.77. The molecule has 14 heavy (non-hydrogen) atoms. The summed E-state index contributed by atoms with van der Waals surface area (Å²) in [6.45, 7) is 3.64. The van der Waals surface area contributed by atoms with Crippen LogP contribution >= 0.6 is 0 Å². The third-order valence-corrected chi connectivity index (χ3v) is 2.96. The Bertz CT molecular complexity index is 206. The van der Waals surface area contributed by atoms with E-state index >= 15 is 0 Å². The number of hydrogen-bond donors (Lipinski definition) is 1. The highest BCUT2D eigenvalue weighted by atomic mass is 16.2. The van der Waals surface area contributed by atoms with E-state index in [0.29, 0.717) is 6.04 Å². The molecule has 4 heteroatoms. The van der Waals surface area contributed by atoms with Crippen LogP contribution in [0.5, 0.6) is 0 Å². The van der Waals surface area contributed by atoms with Crippen molar-refractivity contribution in [3.8, 4) is 0 Å². The largest absolute Gasteiger partial charge is 0.340 e. The van der Waals surface area contributed by atoms with Gasteiger partial charge < -0.3 is 15.5 Å². The van der Waals surface area contributed by atoms with Crippen molar-refractivity contribution in [2.75, 3.05) is 27.2 Å². The molecule has 1 aliphatic heterocycles. The molecule has 0 bridgehead atoms. The zero-order chi connectivity index (χ0) is 10.7. The molecule has 1 saturated heterocycles. The van der Waals surface area contributed by atoms with Gasteiger partial charge in [-0.05, 0) is 26.9 Å². The summed E-state index contributed by atoms with van der Waals surface area (Å²) in [5, 5.41) is 0. The summed E-state index contributed by atoms with van der Waals surface area (Å²) in [7, 11) is 4.11. The summed E-state index contributed by atoms with van der Waals surface area (Å²) >= 11 is 0. The Kier molecular flexibility index (Phi) is 3.89. The van der Waals surface area contributed by atoms with Gasteiger partial charge in [-0.1, -0.05) is 6.92 Å². The molecule has 2 N–H and O–H groups in total. The lowest BCUT2D eigenvalue weighted by atomic mass is 10.2. The van der Waals surface area contributed by atoms with Crippen LogP contribution in [0.3, 0.4) is 0 Å². The molecule has 1 rings (SSSR count). The first kappa shape index (κ1) is 11.5. The number of nitrogens with two attached hydrogens (primary N) is 1. The standard InChI is InChI=1S/C10H21N3O/c1-4-9(11)10(14)13-6-5-8(7-13)12(2)3/h8-9H,4-7,11H2,1-3H3. The molecule has 1 heterocycles. The average Bonchev–Trinajstić information content (AvgIpc) is 2.64. The first-order valence-electron chi connectivity index (χ1n) is 5.27. The molecule has 1 aliphatic rings. The highest BCUT2D eigenvalue weighted by molar-refractivity contribution is 5.81. The number of likely N-dealkylation sites (tertiary alicyclic amines) is 1. The van der Waals surface area contributed by atoms with Crippen LogP contribution in [-0.2, 0) is 4.79 Å². The summed E-state index contributed by atoms with van der Waals surface area (Å²) in [6, 6.07) is 0.193. The molecule has 0 aromatic rings. The van der Waals surface area contributed by atoms with Crippen molar-refractivity contribution >= 4 is 5.91 Å². The highest BCUT2D eigenvalue weighted by Crippen LogP contribution is 2.14. The lowest BCUT2D eigenvalue weighted by Gasteiger charge is -2.22. The van der Waals surface area contributed by atoms with E-state index < -0.39 is 0 Å². The van der Waals surface area contributed by atoms with E-state index in [0.717, 1.165) is 25.9 Å². The Labute approximate surface area is 86.0 Å². The molecule has 0 radical (unpaired) electrons. The summed E-state index contributed by atoms with van der Waals surface area (Å²) < 4.78 is 0. The Balaban J connectivity index is 2.45. The van der Waals surface area contributed by atoms with E-state index in [2.05, 4.69) is 19.0 Å². The number of rotatable bonds is 3. The molecular weight excluding hydrogens is 178 g/mol. The van der Waals surface area contributed by atoms with Crippen LogP contribution in [0.25, 0.3) is 0 Å². The maximum atomic E-state index is 11.7. The highest BCUT2D eigenvalue weighted by Gasteiger charge is 2.29. The lowest BCUT2D eigenvalue weighted by Crippen LogP contribution is -2.43. The van der Waals surface area contributed by atoms with Crippen LogP contribution in [0.15, 0.2) is 0 Å². The van der Waals surface area contributed by atoms with Crippen LogP contribution in [0.2, 0.25) is 0 Å². The SMILES string of the molecule is CCC(N)C(=O)N1CCC(N(C)C)C1. The smallest absolute Gasteiger partial charge is 0.239 e. The Morgan fingerprint density at radius 3 is 2.71 bits per heavy atom. The van der Waals surface area contributed by atoms with Gasteiger partial charge in [-0.15, -0.1) is 0 Å². The monoisotopic (exact) mass is 199 g/mol. The molecule has 0 aromatic carbocycles. The Morgan fingerprint density at radius 2 is 2.29 bits per heavy atom. The molecule has 2 atom stereocenters. The first-order chi connectivity index (χ1) is 6.56. The van der Waals surface area contributed by atoms with Gasteiger partial charge in [-0.2, -0.15) is 0 Å². The van der Waals surface area contributed by atoms with Gasteiger partial charge in [0.15, 0.2) is 0 Å². The van der Waals surface area contributed by atoms with Gasteiger partial charge in [-0.3, -0.25) is 4.79 Å². The minimum absolute atomic E-state index is 0.108. The number of likely N-dealkylation sites (N-methyl/N-ethyl adjacent to an activating group) is 1. The van der Waals surface area contributed by atoms with E-state index in [-0.39, 0.29) is 11.9 Å².